The molecule has 0 saturated carbocycles. The fourth-order valence-corrected chi connectivity index (χ4v) is 3.86. The van der Waals surface area contributed by atoms with E-state index in [1.807, 2.05) is 43.3 Å². The van der Waals surface area contributed by atoms with E-state index in [9.17, 15) is 15.3 Å². The van der Waals surface area contributed by atoms with Gasteiger partial charge < -0.3 is 24.8 Å². The van der Waals surface area contributed by atoms with Gasteiger partial charge in [-0.2, -0.15) is 0 Å². The van der Waals surface area contributed by atoms with E-state index in [2.05, 4.69) is 30.2 Å². The van der Waals surface area contributed by atoms with Crippen molar-refractivity contribution in [2.24, 2.45) is 0 Å². The van der Waals surface area contributed by atoms with Crippen LogP contribution in [0.15, 0.2) is 42.5 Å². The van der Waals surface area contributed by atoms with E-state index in [1.54, 1.807) is 6.92 Å². The van der Waals surface area contributed by atoms with E-state index in [1.165, 1.54) is 4.68 Å². The maximum Gasteiger partial charge on any atom is 0.122 e. The second-order valence-electron chi connectivity index (χ2n) is 9.18. The number of hydrogen-bond acceptors (Lipinski definition) is 7. The van der Waals surface area contributed by atoms with Gasteiger partial charge in [-0.25, -0.2) is 4.68 Å². The smallest absolute Gasteiger partial charge is 0.122 e. The minimum Gasteiger partial charge on any atom is -0.491 e. The van der Waals surface area contributed by atoms with Crippen molar-refractivity contribution in [2.75, 3.05) is 19.1 Å². The summed E-state index contributed by atoms with van der Waals surface area (Å²) < 4.78 is 12.9. The van der Waals surface area contributed by atoms with Crippen molar-refractivity contribution < 1.29 is 24.8 Å². The zero-order valence-electron chi connectivity index (χ0n) is 20.6. The molecule has 0 amide bonds. The lowest BCUT2D eigenvalue weighted by molar-refractivity contribution is 0.0866. The summed E-state index contributed by atoms with van der Waals surface area (Å²) in [6.45, 7) is 8.29. The highest BCUT2D eigenvalue weighted by atomic mass is 35.5. The predicted molar refractivity (Wildman–Crippen MR) is 134 cm³/mol. The second kappa shape index (κ2) is 11.9. The number of ether oxygens (including phenoxy) is 2. The van der Waals surface area contributed by atoms with Crippen LogP contribution in [0, 0.1) is 13.8 Å². The largest absolute Gasteiger partial charge is 0.491 e. The van der Waals surface area contributed by atoms with Crippen molar-refractivity contribution in [3.05, 3.63) is 70.5 Å². The van der Waals surface area contributed by atoms with Gasteiger partial charge in [0.1, 0.15) is 36.9 Å². The summed E-state index contributed by atoms with van der Waals surface area (Å²) in [6, 6.07) is 13.9. The van der Waals surface area contributed by atoms with E-state index >= 15 is 0 Å². The van der Waals surface area contributed by atoms with Crippen LogP contribution in [0.25, 0.3) is 0 Å². The van der Waals surface area contributed by atoms with E-state index < -0.39 is 12.2 Å². The van der Waals surface area contributed by atoms with Crippen LogP contribution >= 0.6 is 11.6 Å². The summed E-state index contributed by atoms with van der Waals surface area (Å²) in [5.41, 5.74) is 4.19. The Kier molecular flexibility index (Phi) is 9.13. The van der Waals surface area contributed by atoms with Crippen LogP contribution in [0.1, 0.15) is 41.9 Å². The molecule has 9 heteroatoms. The Morgan fingerprint density at radius 1 is 0.971 bits per heavy atom. The molecule has 190 valence electrons. The van der Waals surface area contributed by atoms with Gasteiger partial charge >= 0.3 is 0 Å². The van der Waals surface area contributed by atoms with E-state index in [-0.39, 0.29) is 37.7 Å². The number of nitrogens with zero attached hydrogens (tertiary/aromatic N) is 3. The molecule has 35 heavy (non-hydrogen) atoms. The molecular formula is C26H34ClN3O5. The van der Waals surface area contributed by atoms with Crippen LogP contribution in [0.2, 0.25) is 0 Å². The molecule has 0 aliphatic heterocycles. The lowest BCUT2D eigenvalue weighted by Crippen LogP contribution is -2.25. The third-order valence-corrected chi connectivity index (χ3v) is 6.45. The van der Waals surface area contributed by atoms with E-state index in [0.29, 0.717) is 17.1 Å². The molecule has 1 heterocycles. The van der Waals surface area contributed by atoms with Crippen molar-refractivity contribution in [1.29, 1.82) is 0 Å². The van der Waals surface area contributed by atoms with Gasteiger partial charge in [-0.15, -0.1) is 16.7 Å². The molecule has 3 N–H and O–H groups in total. The van der Waals surface area contributed by atoms with Gasteiger partial charge in [0.15, 0.2) is 0 Å². The summed E-state index contributed by atoms with van der Waals surface area (Å²) >= 11 is 5.64. The van der Waals surface area contributed by atoms with Crippen LogP contribution in [0.3, 0.4) is 0 Å². The Hall–Kier alpha value is -2.65. The molecule has 0 bridgehead atoms. The molecule has 3 rings (SSSR count). The molecule has 0 radical (unpaired) electrons. The van der Waals surface area contributed by atoms with E-state index in [4.69, 9.17) is 21.1 Å². The second-order valence-corrected chi connectivity index (χ2v) is 9.48. The normalized spacial score (nSPS) is 13.5. The summed E-state index contributed by atoms with van der Waals surface area (Å²) in [6.07, 6.45) is -1.49. The average Bonchev–Trinajstić information content (AvgIpc) is 3.20. The first-order valence-electron chi connectivity index (χ1n) is 11.5. The van der Waals surface area contributed by atoms with Crippen LogP contribution < -0.4 is 9.47 Å². The molecule has 2 aromatic carbocycles. The molecule has 2 atom stereocenters. The number of aryl methyl sites for hydroxylation is 2. The molecule has 1 aromatic heterocycles. The lowest BCUT2D eigenvalue weighted by atomic mass is 9.77. The van der Waals surface area contributed by atoms with Gasteiger partial charge in [0.05, 0.1) is 30.4 Å². The minimum absolute atomic E-state index is 0.0889. The van der Waals surface area contributed by atoms with Gasteiger partial charge in [-0.3, -0.25) is 0 Å². The maximum atomic E-state index is 10.3. The zero-order chi connectivity index (χ0) is 25.6. The molecule has 0 saturated heterocycles. The molecule has 0 spiro atoms. The first-order valence-corrected chi connectivity index (χ1v) is 12.1. The summed E-state index contributed by atoms with van der Waals surface area (Å²) in [4.78, 5) is 0. The highest BCUT2D eigenvalue weighted by Crippen LogP contribution is 2.34. The van der Waals surface area contributed by atoms with Crippen LogP contribution in [0.5, 0.6) is 11.5 Å². The Bertz CT molecular complexity index is 1100. The summed E-state index contributed by atoms with van der Waals surface area (Å²) in [5, 5.41) is 37.3. The Morgan fingerprint density at radius 2 is 1.63 bits per heavy atom. The number of aliphatic hydroxyl groups excluding tert-OH is 3. The Balaban J connectivity index is 1.61. The van der Waals surface area contributed by atoms with Crippen molar-refractivity contribution >= 4 is 11.6 Å². The number of alkyl halides is 1. The number of hydrogen-bond donors (Lipinski definition) is 3. The number of benzene rings is 2. The quantitative estimate of drug-likeness (QED) is 0.326. The number of aromatic nitrogens is 3. The lowest BCUT2D eigenvalue weighted by Gasteiger charge is -2.27. The Morgan fingerprint density at radius 3 is 2.26 bits per heavy atom. The Labute approximate surface area is 211 Å². The monoisotopic (exact) mass is 503 g/mol. The van der Waals surface area contributed by atoms with E-state index in [0.717, 1.165) is 22.4 Å². The molecule has 8 nitrogen and oxygen atoms in total. The fraction of sp³-hybridized carbons (Fsp3) is 0.462. The molecule has 0 unspecified atom stereocenters. The summed E-state index contributed by atoms with van der Waals surface area (Å²) in [7, 11) is 0. The van der Waals surface area contributed by atoms with Gasteiger partial charge in [0.2, 0.25) is 0 Å². The highest BCUT2D eigenvalue weighted by molar-refractivity contribution is 6.18. The predicted octanol–water partition coefficient (Wildman–Crippen LogP) is 3.13. The maximum absolute atomic E-state index is 10.3. The number of aliphatic hydroxyl groups is 3. The zero-order valence-corrected chi connectivity index (χ0v) is 21.4. The van der Waals surface area contributed by atoms with Crippen LogP contribution in [0.4, 0.5) is 0 Å². The van der Waals surface area contributed by atoms with Crippen molar-refractivity contribution in [3.8, 4) is 11.5 Å². The summed E-state index contributed by atoms with van der Waals surface area (Å²) in [5.74, 6) is 1.51. The van der Waals surface area contributed by atoms with Gasteiger partial charge in [-0.1, -0.05) is 43.3 Å². The number of rotatable bonds is 12. The van der Waals surface area contributed by atoms with Crippen molar-refractivity contribution in [3.63, 3.8) is 0 Å². The standard InChI is InChI=1S/C26H34ClN3O5/c1-17-11-20(7-10-25(17)35-15-21(32)12-27)26(3,4)19-5-8-23(9-6-19)34-16-22(33)13-30-24(14-31)18(2)28-29-30/h5-11,21-22,31-33H,12-16H2,1-4H3/t21-,22+/m1/s1. The molecule has 3 aromatic rings. The third-order valence-electron chi connectivity index (χ3n) is 6.09. The average molecular weight is 504 g/mol. The van der Waals surface area contributed by atoms with Gasteiger partial charge in [-0.05, 0) is 48.7 Å². The number of halogens is 1. The topological polar surface area (TPSA) is 110 Å². The SMILES string of the molecule is Cc1cc(C(C)(C)c2ccc(OC[C@@H](O)Cn3nnc(C)c3CO)cc2)ccc1OC[C@H](O)CCl. The third kappa shape index (κ3) is 6.73. The van der Waals surface area contributed by atoms with Crippen LogP contribution in [-0.4, -0.2) is 61.6 Å². The molecule has 0 fully saturated rings. The van der Waals surface area contributed by atoms with Crippen molar-refractivity contribution in [1.82, 2.24) is 15.0 Å². The minimum atomic E-state index is -0.799. The molecule has 0 aliphatic rings. The fourth-order valence-electron chi connectivity index (χ4n) is 3.77. The highest BCUT2D eigenvalue weighted by Gasteiger charge is 2.24. The van der Waals surface area contributed by atoms with Gasteiger partial charge in [0, 0.05) is 5.41 Å². The first kappa shape index (κ1) is 26.9. The molecule has 0 aliphatic carbocycles. The first-order chi connectivity index (χ1) is 16.6. The molecular weight excluding hydrogens is 470 g/mol. The van der Waals surface area contributed by atoms with Crippen LogP contribution in [-0.2, 0) is 18.6 Å². The van der Waals surface area contributed by atoms with Gasteiger partial charge in [0.25, 0.3) is 0 Å². The van der Waals surface area contributed by atoms with Crippen molar-refractivity contribution in [2.45, 2.75) is 58.5 Å².